The molecule has 0 aliphatic heterocycles. The maximum Gasteiger partial charge on any atom is 0.292 e. The van der Waals surface area contributed by atoms with Gasteiger partial charge in [0.1, 0.15) is 0 Å². The second kappa shape index (κ2) is 5.01. The summed E-state index contributed by atoms with van der Waals surface area (Å²) in [5.41, 5.74) is 5.70. The van der Waals surface area contributed by atoms with Gasteiger partial charge in [-0.15, -0.1) is 0 Å². The van der Waals surface area contributed by atoms with Crippen LogP contribution in [0.15, 0.2) is 29.5 Å². The summed E-state index contributed by atoms with van der Waals surface area (Å²) < 4.78 is 0. The van der Waals surface area contributed by atoms with Crippen LogP contribution in [0.3, 0.4) is 0 Å². The zero-order valence-electron chi connectivity index (χ0n) is 10.3. The van der Waals surface area contributed by atoms with Gasteiger partial charge in [-0.05, 0) is 31.4 Å². The summed E-state index contributed by atoms with van der Waals surface area (Å²) in [5.74, 6) is -0.286. The van der Waals surface area contributed by atoms with E-state index in [1.165, 1.54) is 6.21 Å². The van der Waals surface area contributed by atoms with Crippen molar-refractivity contribution in [2.45, 2.75) is 19.3 Å². The van der Waals surface area contributed by atoms with Crippen LogP contribution in [0.25, 0.3) is 0 Å². The number of carbonyl (C=O) groups is 1. The molecule has 1 amide bonds. The van der Waals surface area contributed by atoms with E-state index in [1.807, 2.05) is 18.2 Å². The number of aryl methyl sites for hydroxylation is 1. The standard InChI is InChI=1S/C13H13N5O/c19-13(12-10-5-3-6-11(10)16-17-12)18-15-8-9-4-1-2-7-14-9/h1-2,4,7-8H,3,5-6H2,(H,16,17)(H,18,19). The van der Waals surface area contributed by atoms with Gasteiger partial charge in [-0.25, -0.2) is 5.43 Å². The average Bonchev–Trinajstić information content (AvgIpc) is 3.02. The monoisotopic (exact) mass is 255 g/mol. The van der Waals surface area contributed by atoms with Crippen LogP contribution in [0.1, 0.15) is 33.9 Å². The van der Waals surface area contributed by atoms with Gasteiger partial charge in [0, 0.05) is 17.5 Å². The summed E-state index contributed by atoms with van der Waals surface area (Å²) in [4.78, 5) is 16.0. The van der Waals surface area contributed by atoms with Crippen molar-refractivity contribution in [1.29, 1.82) is 0 Å². The second-order valence-corrected chi connectivity index (χ2v) is 4.34. The summed E-state index contributed by atoms with van der Waals surface area (Å²) in [6.07, 6.45) is 6.11. The predicted molar refractivity (Wildman–Crippen MR) is 69.9 cm³/mol. The molecule has 1 aliphatic rings. The lowest BCUT2D eigenvalue weighted by molar-refractivity contribution is 0.0949. The van der Waals surface area contributed by atoms with Crippen LogP contribution in [-0.4, -0.2) is 27.3 Å². The number of rotatable bonds is 3. The van der Waals surface area contributed by atoms with Crippen molar-refractivity contribution >= 4 is 12.1 Å². The normalized spacial score (nSPS) is 13.7. The van der Waals surface area contributed by atoms with Gasteiger partial charge in [0.05, 0.1) is 11.9 Å². The van der Waals surface area contributed by atoms with Gasteiger partial charge in [-0.3, -0.25) is 14.9 Å². The lowest BCUT2D eigenvalue weighted by Gasteiger charge is -1.97. The summed E-state index contributed by atoms with van der Waals surface area (Å²) in [5, 5.41) is 10.8. The Morgan fingerprint density at radius 3 is 3.21 bits per heavy atom. The number of pyridine rings is 1. The van der Waals surface area contributed by atoms with E-state index in [0.717, 1.165) is 30.5 Å². The third-order valence-corrected chi connectivity index (χ3v) is 3.07. The fraction of sp³-hybridized carbons (Fsp3) is 0.231. The molecule has 96 valence electrons. The quantitative estimate of drug-likeness (QED) is 0.635. The third-order valence-electron chi connectivity index (χ3n) is 3.07. The zero-order chi connectivity index (χ0) is 13.1. The van der Waals surface area contributed by atoms with Crippen LogP contribution in [0, 0.1) is 0 Å². The fourth-order valence-corrected chi connectivity index (χ4v) is 2.17. The number of hydrogen-bond donors (Lipinski definition) is 2. The number of nitrogens with zero attached hydrogens (tertiary/aromatic N) is 3. The highest BCUT2D eigenvalue weighted by Gasteiger charge is 2.22. The van der Waals surface area contributed by atoms with E-state index in [0.29, 0.717) is 11.4 Å². The molecule has 0 unspecified atom stereocenters. The minimum Gasteiger partial charge on any atom is -0.281 e. The molecule has 3 rings (SSSR count). The largest absolute Gasteiger partial charge is 0.292 e. The molecule has 6 heteroatoms. The molecule has 2 aromatic rings. The minimum atomic E-state index is -0.286. The van der Waals surface area contributed by atoms with Gasteiger partial charge in [-0.2, -0.15) is 10.2 Å². The van der Waals surface area contributed by atoms with Crippen LogP contribution in [0.5, 0.6) is 0 Å². The molecule has 0 bridgehead atoms. The van der Waals surface area contributed by atoms with Gasteiger partial charge in [0.15, 0.2) is 5.69 Å². The first-order valence-electron chi connectivity index (χ1n) is 6.15. The Morgan fingerprint density at radius 2 is 2.37 bits per heavy atom. The maximum atomic E-state index is 11.9. The maximum absolute atomic E-state index is 11.9. The molecule has 2 aromatic heterocycles. The van der Waals surface area contributed by atoms with Gasteiger partial charge in [0.2, 0.25) is 0 Å². The molecule has 0 spiro atoms. The molecular weight excluding hydrogens is 242 g/mol. The van der Waals surface area contributed by atoms with Crippen molar-refractivity contribution in [3.63, 3.8) is 0 Å². The predicted octanol–water partition coefficient (Wildman–Crippen LogP) is 1.06. The molecule has 1 aliphatic carbocycles. The van der Waals surface area contributed by atoms with E-state index < -0.39 is 0 Å². The highest BCUT2D eigenvalue weighted by molar-refractivity contribution is 5.94. The Morgan fingerprint density at radius 1 is 1.42 bits per heavy atom. The summed E-state index contributed by atoms with van der Waals surface area (Å²) in [6, 6.07) is 5.49. The van der Waals surface area contributed by atoms with E-state index in [9.17, 15) is 4.79 Å². The Kier molecular flexibility index (Phi) is 3.06. The van der Waals surface area contributed by atoms with Gasteiger partial charge in [0.25, 0.3) is 5.91 Å². The Labute approximate surface area is 110 Å². The second-order valence-electron chi connectivity index (χ2n) is 4.34. The first-order chi connectivity index (χ1) is 9.34. The van der Waals surface area contributed by atoms with Crippen molar-refractivity contribution in [1.82, 2.24) is 20.6 Å². The number of hydrazone groups is 1. The Hall–Kier alpha value is -2.50. The van der Waals surface area contributed by atoms with Crippen LogP contribution in [0.4, 0.5) is 0 Å². The van der Waals surface area contributed by atoms with E-state index >= 15 is 0 Å². The fourth-order valence-electron chi connectivity index (χ4n) is 2.17. The number of hydrogen-bond acceptors (Lipinski definition) is 4. The highest BCUT2D eigenvalue weighted by Crippen LogP contribution is 2.22. The number of carbonyl (C=O) groups excluding carboxylic acids is 1. The molecule has 0 saturated carbocycles. The number of H-pyrrole nitrogens is 1. The number of aromatic amines is 1. The Balaban J connectivity index is 1.67. The van der Waals surface area contributed by atoms with Crippen molar-refractivity contribution in [2.24, 2.45) is 5.10 Å². The van der Waals surface area contributed by atoms with E-state index in [2.05, 4.69) is 25.7 Å². The van der Waals surface area contributed by atoms with Crippen molar-refractivity contribution in [2.75, 3.05) is 0 Å². The van der Waals surface area contributed by atoms with Crippen LogP contribution in [0.2, 0.25) is 0 Å². The van der Waals surface area contributed by atoms with E-state index in [1.54, 1.807) is 6.20 Å². The molecule has 0 fully saturated rings. The summed E-state index contributed by atoms with van der Waals surface area (Å²) >= 11 is 0. The van der Waals surface area contributed by atoms with Crippen molar-refractivity contribution in [3.05, 3.63) is 47.0 Å². The third kappa shape index (κ3) is 2.37. The molecule has 0 aromatic carbocycles. The molecule has 19 heavy (non-hydrogen) atoms. The minimum absolute atomic E-state index is 0.286. The zero-order valence-corrected chi connectivity index (χ0v) is 10.3. The number of nitrogens with one attached hydrogen (secondary N) is 2. The van der Waals surface area contributed by atoms with Gasteiger partial charge < -0.3 is 0 Å². The molecule has 2 heterocycles. The van der Waals surface area contributed by atoms with Crippen LogP contribution < -0.4 is 5.43 Å². The lowest BCUT2D eigenvalue weighted by Crippen LogP contribution is -2.19. The van der Waals surface area contributed by atoms with Crippen molar-refractivity contribution in [3.8, 4) is 0 Å². The molecule has 0 saturated heterocycles. The van der Waals surface area contributed by atoms with E-state index in [4.69, 9.17) is 0 Å². The molecular formula is C13H13N5O. The van der Waals surface area contributed by atoms with Crippen molar-refractivity contribution < 1.29 is 4.79 Å². The molecule has 2 N–H and O–H groups in total. The SMILES string of the molecule is O=C(NN=Cc1ccccn1)c1n[nH]c2c1CCC2. The van der Waals surface area contributed by atoms with Gasteiger partial charge in [-0.1, -0.05) is 6.07 Å². The first-order valence-corrected chi connectivity index (χ1v) is 6.15. The van der Waals surface area contributed by atoms with E-state index in [-0.39, 0.29) is 5.91 Å². The summed E-state index contributed by atoms with van der Waals surface area (Å²) in [7, 11) is 0. The number of amides is 1. The number of aromatic nitrogens is 3. The first kappa shape index (κ1) is 11.6. The average molecular weight is 255 g/mol. The molecule has 0 radical (unpaired) electrons. The molecule has 0 atom stereocenters. The van der Waals surface area contributed by atoms with Crippen LogP contribution >= 0.6 is 0 Å². The number of fused-ring (bicyclic) bond motifs is 1. The summed E-state index contributed by atoms with van der Waals surface area (Å²) in [6.45, 7) is 0. The topological polar surface area (TPSA) is 83.0 Å². The highest BCUT2D eigenvalue weighted by atomic mass is 16.2. The smallest absolute Gasteiger partial charge is 0.281 e. The van der Waals surface area contributed by atoms with Crippen LogP contribution in [-0.2, 0) is 12.8 Å². The van der Waals surface area contributed by atoms with Gasteiger partial charge >= 0.3 is 0 Å². The Bertz CT molecular complexity index is 617. The molecule has 6 nitrogen and oxygen atoms in total. The lowest BCUT2D eigenvalue weighted by atomic mass is 10.2.